The molecule has 1 aliphatic rings. The molecule has 2 atom stereocenters. The highest BCUT2D eigenvalue weighted by atomic mass is 16.6. The molecule has 10 heteroatoms. The van der Waals surface area contributed by atoms with Gasteiger partial charge in [-0.15, -0.1) is 0 Å². The van der Waals surface area contributed by atoms with Crippen LogP contribution >= 0.6 is 0 Å². The summed E-state index contributed by atoms with van der Waals surface area (Å²) in [5.41, 5.74) is 1.91. The summed E-state index contributed by atoms with van der Waals surface area (Å²) in [6.45, 7) is 3.90. The van der Waals surface area contributed by atoms with Gasteiger partial charge in [0.1, 0.15) is 0 Å². The number of rotatable bonds is 7. The smallest absolute Gasteiger partial charge is 0.414 e. The predicted octanol–water partition coefficient (Wildman–Crippen LogP) is 4.47. The molecule has 3 rings (SSSR count). The Morgan fingerprint density at radius 2 is 1.77 bits per heavy atom. The number of nitrogens with zero attached hydrogens (tertiary/aromatic N) is 2. The van der Waals surface area contributed by atoms with Crippen molar-refractivity contribution in [3.05, 3.63) is 53.1 Å². The highest BCUT2D eigenvalue weighted by Crippen LogP contribution is 2.46. The maximum Gasteiger partial charge on any atom is 0.414 e. The number of aromatic carboxylic acids is 1. The van der Waals surface area contributed by atoms with Crippen LogP contribution in [0.1, 0.15) is 47.8 Å². The predicted molar refractivity (Wildman–Crippen MR) is 127 cm³/mol. The molecule has 0 fully saturated rings. The second kappa shape index (κ2) is 11.0. The lowest BCUT2D eigenvalue weighted by molar-refractivity contribution is 0.0696. The van der Waals surface area contributed by atoms with Crippen molar-refractivity contribution < 1.29 is 38.4 Å². The third-order valence-corrected chi connectivity index (χ3v) is 5.93. The molecule has 0 saturated carbocycles. The van der Waals surface area contributed by atoms with Gasteiger partial charge in [0.25, 0.3) is 0 Å². The van der Waals surface area contributed by atoms with E-state index in [-0.39, 0.29) is 24.8 Å². The zero-order valence-electron chi connectivity index (χ0n) is 20.4. The van der Waals surface area contributed by atoms with Crippen molar-refractivity contribution in [2.45, 2.75) is 38.9 Å². The largest absolute Gasteiger partial charge is 0.493 e. The minimum absolute atomic E-state index is 0.0956. The summed E-state index contributed by atoms with van der Waals surface area (Å²) in [5, 5.41) is 9.36. The molecule has 0 aliphatic carbocycles. The fraction of sp³-hybridized carbons (Fsp3) is 0.400. The van der Waals surface area contributed by atoms with Gasteiger partial charge in [-0.05, 0) is 44.0 Å². The van der Waals surface area contributed by atoms with E-state index in [1.54, 1.807) is 31.2 Å². The van der Waals surface area contributed by atoms with Gasteiger partial charge < -0.3 is 24.1 Å². The van der Waals surface area contributed by atoms with Crippen LogP contribution in [-0.2, 0) is 16.0 Å². The van der Waals surface area contributed by atoms with E-state index >= 15 is 0 Å². The fourth-order valence-corrected chi connectivity index (χ4v) is 4.34. The van der Waals surface area contributed by atoms with Gasteiger partial charge in [-0.25, -0.2) is 14.4 Å². The molecule has 188 valence electrons. The Morgan fingerprint density at radius 3 is 2.37 bits per heavy atom. The SMILES string of the molecule is CCOC(=O)N1c2cc(OC)c(OC)cc2[C@H](N(Cc2cccc(C(=O)O)c2)C(=O)OC)C[C@@H]1C. The minimum atomic E-state index is -1.06. The lowest BCUT2D eigenvalue weighted by atomic mass is 9.90. The Bertz CT molecular complexity index is 1100. The van der Waals surface area contributed by atoms with Gasteiger partial charge in [0, 0.05) is 24.2 Å². The van der Waals surface area contributed by atoms with Crippen molar-refractivity contribution in [1.82, 2.24) is 4.90 Å². The summed E-state index contributed by atoms with van der Waals surface area (Å²) in [6.07, 6.45) is -0.714. The van der Waals surface area contributed by atoms with Crippen LogP contribution in [0.3, 0.4) is 0 Å². The third-order valence-electron chi connectivity index (χ3n) is 5.93. The van der Waals surface area contributed by atoms with E-state index in [0.717, 1.165) is 0 Å². The molecular formula is C25H30N2O8. The number of anilines is 1. The number of methoxy groups -OCH3 is 3. The summed E-state index contributed by atoms with van der Waals surface area (Å²) < 4.78 is 21.3. The van der Waals surface area contributed by atoms with Crippen molar-refractivity contribution in [3.8, 4) is 11.5 Å². The standard InChI is InChI=1S/C25H30N2O8/c1-6-35-25(31)27-15(2)10-19(18-12-21(32-3)22(33-4)13-20(18)27)26(24(30)34-5)14-16-8-7-9-17(11-16)23(28)29/h7-9,11-13,15,19H,6,10,14H2,1-5H3,(H,28,29)/t15-,19+/m0/s1. The molecule has 10 nitrogen and oxygen atoms in total. The minimum Gasteiger partial charge on any atom is -0.493 e. The first-order chi connectivity index (χ1) is 16.7. The normalized spacial score (nSPS) is 16.7. The third kappa shape index (κ3) is 5.26. The maximum absolute atomic E-state index is 13.0. The Hall–Kier alpha value is -3.95. The van der Waals surface area contributed by atoms with E-state index in [0.29, 0.717) is 34.7 Å². The van der Waals surface area contributed by atoms with Gasteiger partial charge >= 0.3 is 18.2 Å². The van der Waals surface area contributed by atoms with Gasteiger partial charge in [0.15, 0.2) is 11.5 Å². The molecule has 0 spiro atoms. The number of hydrogen-bond donors (Lipinski definition) is 1. The summed E-state index contributed by atoms with van der Waals surface area (Å²) in [6, 6.07) is 8.96. The number of ether oxygens (including phenoxy) is 4. The molecule has 1 N–H and O–H groups in total. The zero-order chi connectivity index (χ0) is 25.7. The molecule has 0 bridgehead atoms. The van der Waals surface area contributed by atoms with E-state index in [4.69, 9.17) is 18.9 Å². The summed E-state index contributed by atoms with van der Waals surface area (Å²) in [7, 11) is 4.29. The van der Waals surface area contributed by atoms with E-state index < -0.39 is 24.2 Å². The monoisotopic (exact) mass is 486 g/mol. The first-order valence-electron chi connectivity index (χ1n) is 11.1. The lowest BCUT2D eigenvalue weighted by Crippen LogP contribution is -2.47. The van der Waals surface area contributed by atoms with Crippen LogP contribution in [0.5, 0.6) is 11.5 Å². The van der Waals surface area contributed by atoms with Crippen molar-refractivity contribution in [3.63, 3.8) is 0 Å². The highest BCUT2D eigenvalue weighted by molar-refractivity contribution is 5.91. The molecule has 1 aliphatic heterocycles. The Kier molecular flexibility index (Phi) is 8.06. The average Bonchev–Trinajstić information content (AvgIpc) is 2.85. The van der Waals surface area contributed by atoms with Crippen LogP contribution < -0.4 is 14.4 Å². The van der Waals surface area contributed by atoms with Crippen LogP contribution in [0.25, 0.3) is 0 Å². The van der Waals surface area contributed by atoms with Gasteiger partial charge in [-0.1, -0.05) is 12.1 Å². The number of carboxylic acids is 1. The molecule has 0 unspecified atom stereocenters. The van der Waals surface area contributed by atoms with Crippen LogP contribution in [0.4, 0.5) is 15.3 Å². The fourth-order valence-electron chi connectivity index (χ4n) is 4.34. The van der Waals surface area contributed by atoms with Gasteiger partial charge in [0.2, 0.25) is 0 Å². The van der Waals surface area contributed by atoms with E-state index in [2.05, 4.69) is 0 Å². The number of hydrogen-bond acceptors (Lipinski definition) is 7. The average molecular weight is 487 g/mol. The van der Waals surface area contributed by atoms with Gasteiger partial charge in [0.05, 0.1) is 45.2 Å². The van der Waals surface area contributed by atoms with Crippen molar-refractivity contribution >= 4 is 23.8 Å². The lowest BCUT2D eigenvalue weighted by Gasteiger charge is -2.42. The number of carbonyl (C=O) groups excluding carboxylic acids is 2. The molecule has 35 heavy (non-hydrogen) atoms. The van der Waals surface area contributed by atoms with Gasteiger partial charge in [-0.3, -0.25) is 9.80 Å². The van der Waals surface area contributed by atoms with Crippen molar-refractivity contribution in [2.24, 2.45) is 0 Å². The van der Waals surface area contributed by atoms with E-state index in [1.807, 2.05) is 6.92 Å². The summed E-state index contributed by atoms with van der Waals surface area (Å²) in [4.78, 5) is 40.3. The number of benzene rings is 2. The molecule has 2 aromatic carbocycles. The van der Waals surface area contributed by atoms with Crippen molar-refractivity contribution in [2.75, 3.05) is 32.8 Å². The molecule has 0 saturated heterocycles. The molecule has 2 aromatic rings. The summed E-state index contributed by atoms with van der Waals surface area (Å²) in [5.74, 6) is -0.200. The quantitative estimate of drug-likeness (QED) is 0.610. The zero-order valence-corrected chi connectivity index (χ0v) is 20.4. The van der Waals surface area contributed by atoms with Crippen molar-refractivity contribution in [1.29, 1.82) is 0 Å². The topological polar surface area (TPSA) is 115 Å². The Labute approximate surface area is 203 Å². The van der Waals surface area contributed by atoms with E-state index in [9.17, 15) is 19.5 Å². The molecule has 0 aromatic heterocycles. The number of carboxylic acid groups (broad SMARTS) is 1. The number of fused-ring (bicyclic) bond motifs is 1. The Morgan fingerprint density at radius 1 is 1.09 bits per heavy atom. The van der Waals surface area contributed by atoms with Gasteiger partial charge in [-0.2, -0.15) is 0 Å². The van der Waals surface area contributed by atoms with E-state index in [1.165, 1.54) is 43.3 Å². The molecule has 1 heterocycles. The van der Waals surface area contributed by atoms with Crippen LogP contribution in [0.15, 0.2) is 36.4 Å². The second-order valence-electron chi connectivity index (χ2n) is 8.04. The van der Waals surface area contributed by atoms with Crippen LogP contribution in [-0.4, -0.2) is 62.1 Å². The maximum atomic E-state index is 13.0. The highest BCUT2D eigenvalue weighted by Gasteiger charge is 2.40. The van der Waals surface area contributed by atoms with Crippen LogP contribution in [0.2, 0.25) is 0 Å². The molecule has 0 radical (unpaired) electrons. The summed E-state index contributed by atoms with van der Waals surface area (Å²) >= 11 is 0. The van der Waals surface area contributed by atoms with Crippen LogP contribution in [0, 0.1) is 0 Å². The molecular weight excluding hydrogens is 456 g/mol. The number of amides is 2. The first kappa shape index (κ1) is 25.7. The number of carbonyl (C=O) groups is 3. The second-order valence-corrected chi connectivity index (χ2v) is 8.04. The molecule has 2 amide bonds. The Balaban J connectivity index is 2.14. The first-order valence-corrected chi connectivity index (χ1v) is 11.1.